The number of phenolic OH excluding ortho intramolecular Hbond substituents is 1. The lowest BCUT2D eigenvalue weighted by atomic mass is 9.90. The summed E-state index contributed by atoms with van der Waals surface area (Å²) in [7, 11) is 0. The number of aliphatic hydroxyl groups is 1. The van der Waals surface area contributed by atoms with E-state index < -0.39 is 17.6 Å². The van der Waals surface area contributed by atoms with Gasteiger partial charge in [0.15, 0.2) is 0 Å². The largest absolute Gasteiger partial charge is 0.508 e. The minimum Gasteiger partial charge on any atom is -0.508 e. The minimum absolute atomic E-state index is 0.0417. The molecule has 2 unspecified atom stereocenters. The molecule has 0 aromatic heterocycles. The molecule has 0 aliphatic carbocycles. The maximum atomic E-state index is 10.8. The number of rotatable bonds is 3. The van der Waals surface area contributed by atoms with Crippen LogP contribution in [0, 0.1) is 0 Å². The van der Waals surface area contributed by atoms with Crippen LogP contribution in [-0.2, 0) is 4.79 Å². The summed E-state index contributed by atoms with van der Waals surface area (Å²) in [5.74, 6) is -1.25. The van der Waals surface area contributed by atoms with E-state index in [2.05, 4.69) is 0 Å². The van der Waals surface area contributed by atoms with E-state index in [1.165, 1.54) is 31.2 Å². The fourth-order valence-corrected chi connectivity index (χ4v) is 1.12. The van der Waals surface area contributed by atoms with Gasteiger partial charge in [0.2, 0.25) is 0 Å². The number of hydrogen-bond donors (Lipinski definition) is 4. The zero-order valence-electron chi connectivity index (χ0n) is 8.21. The summed E-state index contributed by atoms with van der Waals surface area (Å²) in [6.45, 7) is 1.23. The van der Waals surface area contributed by atoms with Crippen molar-refractivity contribution < 1.29 is 20.1 Å². The van der Waals surface area contributed by atoms with Crippen LogP contribution in [0.15, 0.2) is 24.3 Å². The first kappa shape index (κ1) is 11.5. The van der Waals surface area contributed by atoms with Crippen molar-refractivity contribution >= 4 is 5.97 Å². The molecule has 2 atom stereocenters. The van der Waals surface area contributed by atoms with Crippen molar-refractivity contribution in [3.05, 3.63) is 29.8 Å². The zero-order valence-corrected chi connectivity index (χ0v) is 8.21. The van der Waals surface area contributed by atoms with E-state index in [0.29, 0.717) is 5.56 Å². The minimum atomic E-state index is -1.75. The molecule has 0 heterocycles. The van der Waals surface area contributed by atoms with Gasteiger partial charge in [0.05, 0.1) is 0 Å². The highest BCUT2D eigenvalue weighted by Crippen LogP contribution is 2.25. The second-order valence-corrected chi connectivity index (χ2v) is 3.58. The molecule has 0 saturated heterocycles. The summed E-state index contributed by atoms with van der Waals surface area (Å²) in [6, 6.07) is 5.56. The fraction of sp³-hybridized carbons (Fsp3) is 0.300. The van der Waals surface area contributed by atoms with Gasteiger partial charge in [-0.05, 0) is 24.6 Å². The molecular weight excluding hydrogens is 198 g/mol. The van der Waals surface area contributed by atoms with Gasteiger partial charge in [0.25, 0.3) is 0 Å². The van der Waals surface area contributed by atoms with Gasteiger partial charge in [0, 0.05) is 0 Å². The Morgan fingerprint density at radius 1 is 1.40 bits per heavy atom. The van der Waals surface area contributed by atoms with Gasteiger partial charge in [0.1, 0.15) is 17.4 Å². The molecule has 5 N–H and O–H groups in total. The average Bonchev–Trinajstić information content (AvgIpc) is 2.17. The molecule has 0 radical (unpaired) electrons. The Morgan fingerprint density at radius 3 is 2.27 bits per heavy atom. The summed E-state index contributed by atoms with van der Waals surface area (Å²) >= 11 is 0. The van der Waals surface area contributed by atoms with Crippen LogP contribution in [0.3, 0.4) is 0 Å². The second kappa shape index (κ2) is 3.88. The van der Waals surface area contributed by atoms with Gasteiger partial charge in [-0.25, -0.2) is 0 Å². The highest BCUT2D eigenvalue weighted by molar-refractivity contribution is 5.79. The Bertz CT molecular complexity index is 358. The van der Waals surface area contributed by atoms with Crippen molar-refractivity contribution in [2.24, 2.45) is 5.73 Å². The first-order valence-corrected chi connectivity index (χ1v) is 4.35. The molecule has 1 aromatic carbocycles. The first-order chi connectivity index (χ1) is 6.85. The van der Waals surface area contributed by atoms with Crippen LogP contribution in [0.5, 0.6) is 5.75 Å². The number of carboxylic acid groups (broad SMARTS) is 1. The van der Waals surface area contributed by atoms with E-state index in [4.69, 9.17) is 15.9 Å². The lowest BCUT2D eigenvalue weighted by Crippen LogP contribution is -2.50. The van der Waals surface area contributed by atoms with Crippen LogP contribution in [0.4, 0.5) is 0 Å². The van der Waals surface area contributed by atoms with Crippen LogP contribution in [-0.4, -0.2) is 26.8 Å². The summed E-state index contributed by atoms with van der Waals surface area (Å²) < 4.78 is 0. The van der Waals surface area contributed by atoms with Gasteiger partial charge in [-0.1, -0.05) is 12.1 Å². The standard InChI is InChI=1S/C10H13NO4/c1-10(11,9(14)15)8(13)6-2-4-7(12)5-3-6/h2-5,8,12-13H,11H2,1H3,(H,14,15). The van der Waals surface area contributed by atoms with E-state index in [1.807, 2.05) is 0 Å². The molecule has 5 nitrogen and oxygen atoms in total. The Balaban J connectivity index is 2.99. The molecule has 0 aliphatic rings. The van der Waals surface area contributed by atoms with Crippen molar-refractivity contribution in [2.45, 2.75) is 18.6 Å². The lowest BCUT2D eigenvalue weighted by Gasteiger charge is -2.25. The molecule has 0 bridgehead atoms. The number of aliphatic hydroxyl groups excluding tert-OH is 1. The molecule has 1 aromatic rings. The van der Waals surface area contributed by atoms with E-state index in [9.17, 15) is 9.90 Å². The van der Waals surface area contributed by atoms with Crippen molar-refractivity contribution in [3.63, 3.8) is 0 Å². The third-order valence-electron chi connectivity index (χ3n) is 2.24. The van der Waals surface area contributed by atoms with Crippen LogP contribution in [0.25, 0.3) is 0 Å². The highest BCUT2D eigenvalue weighted by atomic mass is 16.4. The molecular formula is C10H13NO4. The third-order valence-corrected chi connectivity index (χ3v) is 2.24. The summed E-state index contributed by atoms with van der Waals surface area (Å²) in [5, 5.41) is 27.5. The lowest BCUT2D eigenvalue weighted by molar-refractivity contribution is -0.147. The fourth-order valence-electron chi connectivity index (χ4n) is 1.12. The Labute approximate surface area is 86.8 Å². The van der Waals surface area contributed by atoms with Crippen LogP contribution >= 0.6 is 0 Å². The average molecular weight is 211 g/mol. The molecule has 0 spiro atoms. The number of nitrogens with two attached hydrogens (primary N) is 1. The normalized spacial score (nSPS) is 16.7. The van der Waals surface area contributed by atoms with Crippen molar-refractivity contribution in [3.8, 4) is 5.75 Å². The summed E-state index contributed by atoms with van der Waals surface area (Å²) in [6.07, 6.45) is -1.32. The molecule has 5 heteroatoms. The quantitative estimate of drug-likeness (QED) is 0.573. The van der Waals surface area contributed by atoms with Crippen LogP contribution in [0.1, 0.15) is 18.6 Å². The zero-order chi connectivity index (χ0) is 11.6. The third kappa shape index (κ3) is 2.26. The monoisotopic (exact) mass is 211 g/mol. The molecule has 0 amide bonds. The molecule has 82 valence electrons. The number of carboxylic acids is 1. The van der Waals surface area contributed by atoms with E-state index in [1.54, 1.807) is 0 Å². The van der Waals surface area contributed by atoms with Crippen LogP contribution < -0.4 is 5.73 Å². The van der Waals surface area contributed by atoms with Crippen molar-refractivity contribution in [1.82, 2.24) is 0 Å². The predicted molar refractivity (Wildman–Crippen MR) is 53.3 cm³/mol. The van der Waals surface area contributed by atoms with E-state index in [-0.39, 0.29) is 5.75 Å². The Kier molecular flexibility index (Phi) is 2.97. The SMILES string of the molecule is CC(N)(C(=O)O)C(O)c1ccc(O)cc1. The van der Waals surface area contributed by atoms with Crippen molar-refractivity contribution in [2.75, 3.05) is 0 Å². The number of hydrogen-bond acceptors (Lipinski definition) is 4. The van der Waals surface area contributed by atoms with Gasteiger partial charge < -0.3 is 21.1 Å². The highest BCUT2D eigenvalue weighted by Gasteiger charge is 2.37. The number of aromatic hydroxyl groups is 1. The molecule has 1 rings (SSSR count). The Morgan fingerprint density at radius 2 is 1.87 bits per heavy atom. The van der Waals surface area contributed by atoms with Gasteiger partial charge in [-0.3, -0.25) is 4.79 Å². The molecule has 0 fully saturated rings. The maximum Gasteiger partial charge on any atom is 0.326 e. The first-order valence-electron chi connectivity index (χ1n) is 4.35. The Hall–Kier alpha value is -1.59. The van der Waals surface area contributed by atoms with Gasteiger partial charge in [-0.2, -0.15) is 0 Å². The van der Waals surface area contributed by atoms with Crippen molar-refractivity contribution in [1.29, 1.82) is 0 Å². The summed E-state index contributed by atoms with van der Waals surface area (Å²) in [5.41, 5.74) is 4.06. The maximum absolute atomic E-state index is 10.8. The topological polar surface area (TPSA) is 104 Å². The van der Waals surface area contributed by atoms with E-state index >= 15 is 0 Å². The van der Waals surface area contributed by atoms with Crippen LogP contribution in [0.2, 0.25) is 0 Å². The number of phenols is 1. The van der Waals surface area contributed by atoms with Gasteiger partial charge >= 0.3 is 5.97 Å². The second-order valence-electron chi connectivity index (χ2n) is 3.58. The predicted octanol–water partition coefficient (Wildman–Crippen LogP) is 0.228. The molecule has 0 aliphatic heterocycles. The van der Waals surface area contributed by atoms with E-state index in [0.717, 1.165) is 0 Å². The smallest absolute Gasteiger partial charge is 0.326 e. The molecule has 0 saturated carbocycles. The number of benzene rings is 1. The number of aliphatic carboxylic acids is 1. The summed E-state index contributed by atoms with van der Waals surface area (Å²) in [4.78, 5) is 10.8. The van der Waals surface area contributed by atoms with Gasteiger partial charge in [-0.15, -0.1) is 0 Å². The molecule has 15 heavy (non-hydrogen) atoms. The number of carbonyl (C=O) groups is 1.